The quantitative estimate of drug-likeness (QED) is 0.910. The van der Waals surface area contributed by atoms with E-state index in [0.29, 0.717) is 17.5 Å². The van der Waals surface area contributed by atoms with E-state index in [1.54, 1.807) is 12.1 Å². The zero-order chi connectivity index (χ0) is 16.8. The highest BCUT2D eigenvalue weighted by Crippen LogP contribution is 2.38. The van der Waals surface area contributed by atoms with Gasteiger partial charge in [-0.2, -0.15) is 0 Å². The summed E-state index contributed by atoms with van der Waals surface area (Å²) >= 11 is 0. The van der Waals surface area contributed by atoms with Crippen molar-refractivity contribution in [3.8, 4) is 0 Å². The molecule has 0 spiro atoms. The smallest absolute Gasteiger partial charge is 0.240 e. The van der Waals surface area contributed by atoms with Crippen LogP contribution in [0.1, 0.15) is 47.0 Å². The summed E-state index contributed by atoms with van der Waals surface area (Å²) in [5.74, 6) is 0. The van der Waals surface area contributed by atoms with Crippen LogP contribution in [0.3, 0.4) is 0 Å². The van der Waals surface area contributed by atoms with Crippen molar-refractivity contribution in [2.24, 2.45) is 0 Å². The second kappa shape index (κ2) is 5.80. The van der Waals surface area contributed by atoms with Crippen molar-refractivity contribution in [3.63, 3.8) is 0 Å². The summed E-state index contributed by atoms with van der Waals surface area (Å²) in [7, 11) is -3.48. The Kier molecular flexibility index (Phi) is 4.10. The van der Waals surface area contributed by atoms with E-state index >= 15 is 0 Å². The Morgan fingerprint density at radius 1 is 1.09 bits per heavy atom. The van der Waals surface area contributed by atoms with Crippen LogP contribution in [0.25, 0.3) is 0 Å². The molecule has 5 heteroatoms. The van der Waals surface area contributed by atoms with E-state index in [9.17, 15) is 8.42 Å². The molecule has 1 aliphatic rings. The number of sulfonamides is 1. The Morgan fingerprint density at radius 2 is 1.78 bits per heavy atom. The van der Waals surface area contributed by atoms with E-state index < -0.39 is 10.0 Å². The van der Waals surface area contributed by atoms with Gasteiger partial charge in [0, 0.05) is 24.0 Å². The molecule has 4 nitrogen and oxygen atoms in total. The van der Waals surface area contributed by atoms with E-state index in [1.165, 1.54) is 24.2 Å². The van der Waals surface area contributed by atoms with E-state index in [-0.39, 0.29) is 0 Å². The molecule has 1 fully saturated rings. The molecule has 1 N–H and O–H groups in total. The lowest BCUT2D eigenvalue weighted by Gasteiger charge is -2.10. The van der Waals surface area contributed by atoms with Crippen molar-refractivity contribution in [1.29, 1.82) is 0 Å². The van der Waals surface area contributed by atoms with Crippen molar-refractivity contribution in [2.45, 2.75) is 58.0 Å². The van der Waals surface area contributed by atoms with Gasteiger partial charge < -0.3 is 4.57 Å². The normalized spacial score (nSPS) is 15.1. The first-order chi connectivity index (χ1) is 10.8. The Labute approximate surface area is 138 Å². The van der Waals surface area contributed by atoms with Gasteiger partial charge in [0.2, 0.25) is 10.0 Å². The van der Waals surface area contributed by atoms with Crippen molar-refractivity contribution >= 4 is 10.0 Å². The molecule has 1 saturated carbocycles. The van der Waals surface area contributed by atoms with Crippen LogP contribution < -0.4 is 4.72 Å². The third-order valence-corrected chi connectivity index (χ3v) is 6.14. The number of rotatable bonds is 5. The Bertz CT molecular complexity index is 846. The molecule has 2 aromatic rings. The van der Waals surface area contributed by atoms with Gasteiger partial charge in [0.15, 0.2) is 0 Å². The third kappa shape index (κ3) is 3.21. The number of hydrogen-bond donors (Lipinski definition) is 1. The number of nitrogens with zero attached hydrogens (tertiary/aromatic N) is 1. The second-order valence-electron chi connectivity index (χ2n) is 6.57. The average Bonchev–Trinajstić information content (AvgIpc) is 3.26. The van der Waals surface area contributed by atoms with Crippen molar-refractivity contribution in [1.82, 2.24) is 9.29 Å². The molecule has 1 aliphatic carbocycles. The Morgan fingerprint density at radius 3 is 2.39 bits per heavy atom. The molecule has 1 heterocycles. The fraction of sp³-hybridized carbons (Fsp3) is 0.444. The highest BCUT2D eigenvalue weighted by atomic mass is 32.2. The lowest BCUT2D eigenvalue weighted by molar-refractivity contribution is 0.581. The average molecular weight is 332 g/mol. The van der Waals surface area contributed by atoms with Crippen molar-refractivity contribution < 1.29 is 8.42 Å². The molecule has 1 aromatic heterocycles. The summed E-state index contributed by atoms with van der Waals surface area (Å²) in [6.07, 6.45) is 2.45. The predicted octanol–water partition coefficient (Wildman–Crippen LogP) is 3.54. The topological polar surface area (TPSA) is 51.1 Å². The minimum absolute atomic E-state index is 0.330. The maximum atomic E-state index is 12.5. The van der Waals surface area contributed by atoms with Gasteiger partial charge in [0.05, 0.1) is 4.90 Å². The van der Waals surface area contributed by atoms with Gasteiger partial charge in [0.25, 0.3) is 0 Å². The third-order valence-electron chi connectivity index (χ3n) is 4.74. The molecule has 0 bridgehead atoms. The van der Waals surface area contributed by atoms with Crippen LogP contribution in [0.5, 0.6) is 0 Å². The molecule has 23 heavy (non-hydrogen) atoms. The lowest BCUT2D eigenvalue weighted by Crippen LogP contribution is -2.23. The van der Waals surface area contributed by atoms with Crippen molar-refractivity contribution in [3.05, 3.63) is 52.3 Å². The van der Waals surface area contributed by atoms with E-state index in [1.807, 2.05) is 19.9 Å². The Balaban J connectivity index is 1.79. The van der Waals surface area contributed by atoms with Crippen LogP contribution in [0, 0.1) is 27.7 Å². The van der Waals surface area contributed by atoms with Crippen LogP contribution in [-0.2, 0) is 16.6 Å². The SMILES string of the molecule is Cc1ccc(S(=O)(=O)NCc2cc(C)n(C3CC3)c2C)cc1C. The number of hydrogen-bond acceptors (Lipinski definition) is 2. The number of benzene rings is 1. The maximum absolute atomic E-state index is 12.5. The van der Waals surface area contributed by atoms with Crippen LogP contribution in [0.15, 0.2) is 29.2 Å². The largest absolute Gasteiger partial charge is 0.346 e. The fourth-order valence-electron chi connectivity index (χ4n) is 3.06. The minimum atomic E-state index is -3.48. The van der Waals surface area contributed by atoms with Crippen LogP contribution in [0.2, 0.25) is 0 Å². The zero-order valence-electron chi connectivity index (χ0n) is 14.2. The van der Waals surface area contributed by atoms with E-state index in [0.717, 1.165) is 16.7 Å². The van der Waals surface area contributed by atoms with Crippen LogP contribution >= 0.6 is 0 Å². The van der Waals surface area contributed by atoms with Gasteiger partial charge in [-0.3, -0.25) is 0 Å². The summed E-state index contributed by atoms with van der Waals surface area (Å²) in [4.78, 5) is 0.330. The Hall–Kier alpha value is -1.59. The molecular weight excluding hydrogens is 308 g/mol. The van der Waals surface area contributed by atoms with Gasteiger partial charge in [-0.25, -0.2) is 13.1 Å². The molecular formula is C18H24N2O2S. The minimum Gasteiger partial charge on any atom is -0.346 e. The maximum Gasteiger partial charge on any atom is 0.240 e. The van der Waals surface area contributed by atoms with Gasteiger partial charge in [-0.1, -0.05) is 6.07 Å². The molecule has 0 aliphatic heterocycles. The molecule has 0 radical (unpaired) electrons. The molecule has 0 saturated heterocycles. The first-order valence-electron chi connectivity index (χ1n) is 8.04. The van der Waals surface area contributed by atoms with Gasteiger partial charge in [-0.05, 0) is 75.4 Å². The van der Waals surface area contributed by atoms with Gasteiger partial charge in [0.1, 0.15) is 0 Å². The summed E-state index contributed by atoms with van der Waals surface area (Å²) < 4.78 is 30.1. The summed E-state index contributed by atoms with van der Waals surface area (Å²) in [5, 5.41) is 0. The standard InChI is InChI=1S/C18H24N2O2S/c1-12-5-8-18(9-13(12)2)23(21,22)19-11-16-10-14(3)20(15(16)4)17-6-7-17/h5,8-10,17,19H,6-7,11H2,1-4H3. The van der Waals surface area contributed by atoms with Crippen molar-refractivity contribution in [2.75, 3.05) is 0 Å². The summed E-state index contributed by atoms with van der Waals surface area (Å²) in [6.45, 7) is 8.41. The highest BCUT2D eigenvalue weighted by molar-refractivity contribution is 7.89. The zero-order valence-corrected chi connectivity index (χ0v) is 15.0. The molecule has 124 valence electrons. The number of aromatic nitrogens is 1. The van der Waals surface area contributed by atoms with Crippen LogP contribution in [0.4, 0.5) is 0 Å². The number of aryl methyl sites for hydroxylation is 3. The summed E-state index contributed by atoms with van der Waals surface area (Å²) in [6, 6.07) is 7.95. The second-order valence-corrected chi connectivity index (χ2v) is 8.34. The molecule has 1 aromatic carbocycles. The highest BCUT2D eigenvalue weighted by Gasteiger charge is 2.27. The van der Waals surface area contributed by atoms with E-state index in [4.69, 9.17) is 0 Å². The van der Waals surface area contributed by atoms with Gasteiger partial charge in [-0.15, -0.1) is 0 Å². The van der Waals surface area contributed by atoms with E-state index in [2.05, 4.69) is 29.2 Å². The fourth-order valence-corrected chi connectivity index (χ4v) is 4.15. The monoisotopic (exact) mass is 332 g/mol. The van der Waals surface area contributed by atoms with Gasteiger partial charge >= 0.3 is 0 Å². The van der Waals surface area contributed by atoms with Crippen LogP contribution in [-0.4, -0.2) is 13.0 Å². The molecule has 0 amide bonds. The first kappa shape index (κ1) is 16.3. The summed E-state index contributed by atoms with van der Waals surface area (Å²) in [5.41, 5.74) is 5.52. The first-order valence-corrected chi connectivity index (χ1v) is 9.52. The number of nitrogens with one attached hydrogen (secondary N) is 1. The molecule has 0 unspecified atom stereocenters. The molecule has 3 rings (SSSR count). The lowest BCUT2D eigenvalue weighted by atomic mass is 10.1. The predicted molar refractivity (Wildman–Crippen MR) is 92.1 cm³/mol. The molecule has 0 atom stereocenters.